The quantitative estimate of drug-likeness (QED) is 0.806. The zero-order valence-electron chi connectivity index (χ0n) is 12.6. The second-order valence-electron chi connectivity index (χ2n) is 5.56. The number of anilines is 1. The summed E-state index contributed by atoms with van der Waals surface area (Å²) in [6, 6.07) is 4.11. The van der Waals surface area contributed by atoms with Crippen LogP contribution in [0.5, 0.6) is 0 Å². The monoisotopic (exact) mass is 336 g/mol. The Hall–Kier alpha value is -2.12. The van der Waals surface area contributed by atoms with Crippen LogP contribution in [-0.2, 0) is 9.59 Å². The lowest BCUT2D eigenvalue weighted by molar-refractivity contribution is -0.134. The SMILES string of the molecule is CNCC(=O)N1CCN2C(=O)c3ccc(Cl)cc3NC(=O)C2C1. The smallest absolute Gasteiger partial charge is 0.256 e. The van der Waals surface area contributed by atoms with Crippen LogP contribution in [-0.4, -0.2) is 66.8 Å². The number of rotatable bonds is 2. The molecule has 1 unspecified atom stereocenters. The fourth-order valence-corrected chi connectivity index (χ4v) is 3.09. The highest BCUT2D eigenvalue weighted by molar-refractivity contribution is 6.31. The van der Waals surface area contributed by atoms with Crippen LogP contribution in [0.2, 0.25) is 5.02 Å². The van der Waals surface area contributed by atoms with Gasteiger partial charge in [-0.1, -0.05) is 11.6 Å². The van der Waals surface area contributed by atoms with Crippen molar-refractivity contribution in [1.29, 1.82) is 0 Å². The third-order valence-electron chi connectivity index (χ3n) is 4.09. The number of amides is 3. The Morgan fingerprint density at radius 1 is 1.39 bits per heavy atom. The van der Waals surface area contributed by atoms with E-state index < -0.39 is 6.04 Å². The average Bonchev–Trinajstić information content (AvgIpc) is 2.63. The average molecular weight is 337 g/mol. The molecule has 2 aliphatic heterocycles. The summed E-state index contributed by atoms with van der Waals surface area (Å²) in [4.78, 5) is 40.3. The van der Waals surface area contributed by atoms with E-state index in [0.717, 1.165) is 0 Å². The fourth-order valence-electron chi connectivity index (χ4n) is 2.92. The van der Waals surface area contributed by atoms with Crippen LogP contribution in [0, 0.1) is 0 Å². The summed E-state index contributed by atoms with van der Waals surface area (Å²) in [7, 11) is 1.69. The summed E-state index contributed by atoms with van der Waals surface area (Å²) in [5, 5.41) is 5.99. The van der Waals surface area contributed by atoms with Crippen molar-refractivity contribution < 1.29 is 14.4 Å². The third kappa shape index (κ3) is 2.89. The Balaban J connectivity index is 1.88. The molecule has 1 aromatic rings. The minimum Gasteiger partial charge on any atom is -0.337 e. The molecule has 3 amide bonds. The summed E-state index contributed by atoms with van der Waals surface area (Å²) in [6.07, 6.45) is 0. The highest BCUT2D eigenvalue weighted by Crippen LogP contribution is 2.27. The molecule has 2 N–H and O–H groups in total. The van der Waals surface area contributed by atoms with E-state index in [1.54, 1.807) is 30.1 Å². The van der Waals surface area contributed by atoms with E-state index in [2.05, 4.69) is 10.6 Å². The van der Waals surface area contributed by atoms with Gasteiger partial charge in [0.25, 0.3) is 5.91 Å². The van der Waals surface area contributed by atoms with Crippen molar-refractivity contribution in [1.82, 2.24) is 15.1 Å². The van der Waals surface area contributed by atoms with Gasteiger partial charge in [-0.15, -0.1) is 0 Å². The number of piperazine rings is 1. The molecule has 0 spiro atoms. The van der Waals surface area contributed by atoms with Crippen LogP contribution >= 0.6 is 11.6 Å². The van der Waals surface area contributed by atoms with E-state index in [9.17, 15) is 14.4 Å². The Bertz CT molecular complexity index is 679. The molecule has 3 rings (SSSR count). The van der Waals surface area contributed by atoms with Crippen molar-refractivity contribution in [3.8, 4) is 0 Å². The molecular formula is C15H17ClN4O3. The molecule has 1 aromatic carbocycles. The predicted molar refractivity (Wildman–Crippen MR) is 85.4 cm³/mol. The summed E-state index contributed by atoms with van der Waals surface area (Å²) in [5.74, 6) is -0.612. The standard InChI is InChI=1S/C15H17ClN4O3/c1-17-7-13(21)19-4-5-20-12(8-19)14(22)18-11-6-9(16)2-3-10(11)15(20)23/h2-3,6,12,17H,4-5,7-8H2,1H3,(H,18,22). The maximum atomic E-state index is 12.7. The maximum Gasteiger partial charge on any atom is 0.256 e. The van der Waals surface area contributed by atoms with Gasteiger partial charge in [0, 0.05) is 18.1 Å². The largest absolute Gasteiger partial charge is 0.337 e. The third-order valence-corrected chi connectivity index (χ3v) is 4.33. The lowest BCUT2D eigenvalue weighted by Gasteiger charge is -2.39. The summed E-state index contributed by atoms with van der Waals surface area (Å²) >= 11 is 5.94. The Labute approximate surface area is 138 Å². The summed E-state index contributed by atoms with van der Waals surface area (Å²) in [6.45, 7) is 1.14. The number of nitrogens with one attached hydrogen (secondary N) is 2. The van der Waals surface area contributed by atoms with Gasteiger partial charge < -0.3 is 20.4 Å². The Morgan fingerprint density at radius 3 is 2.91 bits per heavy atom. The van der Waals surface area contributed by atoms with E-state index in [4.69, 9.17) is 11.6 Å². The van der Waals surface area contributed by atoms with Crippen molar-refractivity contribution in [3.05, 3.63) is 28.8 Å². The van der Waals surface area contributed by atoms with Gasteiger partial charge in [0.05, 0.1) is 24.3 Å². The van der Waals surface area contributed by atoms with Crippen LogP contribution in [0.3, 0.4) is 0 Å². The van der Waals surface area contributed by atoms with Gasteiger partial charge in [0.2, 0.25) is 11.8 Å². The molecule has 0 aromatic heterocycles. The molecule has 0 radical (unpaired) electrons. The molecular weight excluding hydrogens is 320 g/mol. The van der Waals surface area contributed by atoms with Gasteiger partial charge in [-0.05, 0) is 25.2 Å². The Morgan fingerprint density at radius 2 is 2.17 bits per heavy atom. The van der Waals surface area contributed by atoms with Crippen LogP contribution < -0.4 is 10.6 Å². The second-order valence-corrected chi connectivity index (χ2v) is 6.00. The lowest BCUT2D eigenvalue weighted by Crippen LogP contribution is -2.60. The molecule has 8 heteroatoms. The molecule has 1 atom stereocenters. The number of nitrogens with zero attached hydrogens (tertiary/aromatic N) is 2. The number of carbonyl (C=O) groups is 3. The first-order valence-electron chi connectivity index (χ1n) is 7.35. The number of hydrogen-bond donors (Lipinski definition) is 2. The number of benzene rings is 1. The number of carbonyl (C=O) groups excluding carboxylic acids is 3. The van der Waals surface area contributed by atoms with Gasteiger partial charge in [-0.3, -0.25) is 14.4 Å². The van der Waals surface area contributed by atoms with Crippen molar-refractivity contribution in [2.75, 3.05) is 38.5 Å². The number of likely N-dealkylation sites (N-methyl/N-ethyl adjacent to an activating group) is 1. The van der Waals surface area contributed by atoms with Crippen molar-refractivity contribution in [3.63, 3.8) is 0 Å². The number of halogens is 1. The zero-order chi connectivity index (χ0) is 16.6. The molecule has 7 nitrogen and oxygen atoms in total. The van der Waals surface area contributed by atoms with Crippen LogP contribution in [0.1, 0.15) is 10.4 Å². The molecule has 23 heavy (non-hydrogen) atoms. The van der Waals surface area contributed by atoms with Crippen molar-refractivity contribution >= 4 is 35.0 Å². The minimum absolute atomic E-state index is 0.0859. The van der Waals surface area contributed by atoms with Gasteiger partial charge in [-0.2, -0.15) is 0 Å². The highest BCUT2D eigenvalue weighted by atomic mass is 35.5. The van der Waals surface area contributed by atoms with E-state index in [-0.39, 0.29) is 30.8 Å². The van der Waals surface area contributed by atoms with E-state index >= 15 is 0 Å². The molecule has 2 aliphatic rings. The van der Waals surface area contributed by atoms with Crippen LogP contribution in [0.25, 0.3) is 0 Å². The van der Waals surface area contributed by atoms with Gasteiger partial charge in [0.15, 0.2) is 0 Å². The van der Waals surface area contributed by atoms with Crippen molar-refractivity contribution in [2.24, 2.45) is 0 Å². The van der Waals surface area contributed by atoms with Crippen molar-refractivity contribution in [2.45, 2.75) is 6.04 Å². The van der Waals surface area contributed by atoms with Crippen LogP contribution in [0.15, 0.2) is 18.2 Å². The zero-order valence-corrected chi connectivity index (χ0v) is 13.4. The highest BCUT2D eigenvalue weighted by Gasteiger charge is 2.40. The molecule has 122 valence electrons. The molecule has 2 heterocycles. The molecule has 0 saturated carbocycles. The molecule has 0 bridgehead atoms. The van der Waals surface area contributed by atoms with Gasteiger partial charge in [-0.25, -0.2) is 0 Å². The summed E-state index contributed by atoms with van der Waals surface area (Å²) in [5.41, 5.74) is 0.829. The van der Waals surface area contributed by atoms with E-state index in [0.29, 0.717) is 29.4 Å². The number of hydrogen-bond acceptors (Lipinski definition) is 4. The number of fused-ring (bicyclic) bond motifs is 2. The fraction of sp³-hybridized carbons (Fsp3) is 0.400. The first-order chi connectivity index (χ1) is 11.0. The normalized spacial score (nSPS) is 20.5. The lowest BCUT2D eigenvalue weighted by atomic mass is 10.1. The first kappa shape index (κ1) is 15.8. The second kappa shape index (κ2) is 6.17. The van der Waals surface area contributed by atoms with E-state index in [1.807, 2.05) is 0 Å². The molecule has 0 aliphatic carbocycles. The summed E-state index contributed by atoms with van der Waals surface area (Å²) < 4.78 is 0. The minimum atomic E-state index is -0.691. The van der Waals surface area contributed by atoms with Crippen LogP contribution in [0.4, 0.5) is 5.69 Å². The maximum absolute atomic E-state index is 12.7. The van der Waals surface area contributed by atoms with Gasteiger partial charge in [0.1, 0.15) is 6.04 Å². The van der Waals surface area contributed by atoms with E-state index in [1.165, 1.54) is 4.90 Å². The molecule has 1 saturated heterocycles. The topological polar surface area (TPSA) is 81.8 Å². The van der Waals surface area contributed by atoms with Gasteiger partial charge >= 0.3 is 0 Å². The first-order valence-corrected chi connectivity index (χ1v) is 7.73. The Kier molecular flexibility index (Phi) is 4.23. The predicted octanol–water partition coefficient (Wildman–Crippen LogP) is 0.165. The molecule has 1 fully saturated rings.